The van der Waals surface area contributed by atoms with Crippen LogP contribution in [0.25, 0.3) is 0 Å². The highest BCUT2D eigenvalue weighted by Gasteiger charge is 2.27. The smallest absolute Gasteiger partial charge is 0.255 e. The van der Waals surface area contributed by atoms with E-state index in [4.69, 9.17) is 0 Å². The Morgan fingerprint density at radius 2 is 1.81 bits per heavy atom. The standard InChI is InChI=1S/C20H24N2O3S/c1-20(2,3)16-7-5-6-8-17(16)21-19(23)15-9-10-18-14(13-15)11-12-22(18)26(4,24)25/h5-10,13H,11-12H2,1-4H3,(H,21,23). The van der Waals surface area contributed by atoms with Crippen molar-refractivity contribution >= 4 is 27.3 Å². The third-order valence-corrected chi connectivity index (χ3v) is 5.76. The van der Waals surface area contributed by atoms with Crippen LogP contribution in [0, 0.1) is 0 Å². The number of hydrogen-bond donors (Lipinski definition) is 1. The van der Waals surface area contributed by atoms with Crippen LogP contribution in [0.1, 0.15) is 42.3 Å². The molecule has 0 unspecified atom stereocenters. The summed E-state index contributed by atoms with van der Waals surface area (Å²) in [6.07, 6.45) is 1.81. The van der Waals surface area contributed by atoms with Crippen molar-refractivity contribution < 1.29 is 13.2 Å². The third kappa shape index (κ3) is 3.60. The van der Waals surface area contributed by atoms with Crippen LogP contribution in [0.15, 0.2) is 42.5 Å². The molecular weight excluding hydrogens is 348 g/mol. The third-order valence-electron chi connectivity index (χ3n) is 4.58. The van der Waals surface area contributed by atoms with Gasteiger partial charge in [0.2, 0.25) is 10.0 Å². The first-order valence-corrected chi connectivity index (χ1v) is 10.4. The summed E-state index contributed by atoms with van der Waals surface area (Å²) in [6.45, 7) is 6.74. The highest BCUT2D eigenvalue weighted by atomic mass is 32.2. The second-order valence-electron chi connectivity index (χ2n) is 7.68. The van der Waals surface area contributed by atoms with Gasteiger partial charge in [-0.25, -0.2) is 8.42 Å². The number of carbonyl (C=O) groups excluding carboxylic acids is 1. The number of anilines is 2. The number of sulfonamides is 1. The first kappa shape index (κ1) is 18.5. The van der Waals surface area contributed by atoms with Gasteiger partial charge in [-0.15, -0.1) is 0 Å². The van der Waals surface area contributed by atoms with E-state index >= 15 is 0 Å². The maximum absolute atomic E-state index is 12.7. The predicted octanol–water partition coefficient (Wildman–Crippen LogP) is 3.56. The summed E-state index contributed by atoms with van der Waals surface area (Å²) in [6, 6.07) is 13.0. The van der Waals surface area contributed by atoms with Gasteiger partial charge in [0, 0.05) is 17.8 Å². The van der Waals surface area contributed by atoms with Gasteiger partial charge >= 0.3 is 0 Å². The lowest BCUT2D eigenvalue weighted by molar-refractivity contribution is 0.102. The fraction of sp³-hybridized carbons (Fsp3) is 0.350. The van der Waals surface area contributed by atoms with Gasteiger partial charge in [0.1, 0.15) is 0 Å². The van der Waals surface area contributed by atoms with E-state index in [-0.39, 0.29) is 11.3 Å². The molecule has 2 aromatic carbocycles. The Morgan fingerprint density at radius 1 is 1.12 bits per heavy atom. The number of hydrogen-bond acceptors (Lipinski definition) is 3. The molecule has 0 atom stereocenters. The molecule has 0 saturated carbocycles. The Morgan fingerprint density at radius 3 is 2.46 bits per heavy atom. The Bertz CT molecular complexity index is 959. The quantitative estimate of drug-likeness (QED) is 0.896. The van der Waals surface area contributed by atoms with Gasteiger partial charge in [-0.1, -0.05) is 39.0 Å². The van der Waals surface area contributed by atoms with Gasteiger partial charge in [0.25, 0.3) is 5.91 Å². The van der Waals surface area contributed by atoms with E-state index < -0.39 is 10.0 Å². The second-order valence-corrected chi connectivity index (χ2v) is 9.59. The summed E-state index contributed by atoms with van der Waals surface area (Å²) in [5.41, 5.74) is 3.85. The van der Waals surface area contributed by atoms with Crippen molar-refractivity contribution in [2.75, 3.05) is 22.4 Å². The molecule has 0 saturated heterocycles. The fourth-order valence-electron chi connectivity index (χ4n) is 3.30. The van der Waals surface area contributed by atoms with Gasteiger partial charge in [-0.05, 0) is 47.2 Å². The number of nitrogens with one attached hydrogen (secondary N) is 1. The number of benzene rings is 2. The van der Waals surface area contributed by atoms with E-state index in [9.17, 15) is 13.2 Å². The van der Waals surface area contributed by atoms with Gasteiger partial charge in [0.05, 0.1) is 11.9 Å². The van der Waals surface area contributed by atoms with E-state index in [1.54, 1.807) is 18.2 Å². The molecule has 0 spiro atoms. The van der Waals surface area contributed by atoms with Crippen LogP contribution < -0.4 is 9.62 Å². The summed E-state index contributed by atoms with van der Waals surface area (Å²) in [7, 11) is -3.29. The zero-order chi connectivity index (χ0) is 19.1. The Kier molecular flexibility index (Phi) is 4.56. The Labute approximate surface area is 155 Å². The molecule has 0 aromatic heterocycles. The lowest BCUT2D eigenvalue weighted by Gasteiger charge is -2.23. The topological polar surface area (TPSA) is 66.5 Å². The van der Waals surface area contributed by atoms with Crippen molar-refractivity contribution in [1.29, 1.82) is 0 Å². The monoisotopic (exact) mass is 372 g/mol. The number of nitrogens with zero attached hydrogens (tertiary/aromatic N) is 1. The number of para-hydroxylation sites is 1. The Hall–Kier alpha value is -2.34. The minimum atomic E-state index is -3.29. The molecule has 1 N–H and O–H groups in total. The molecule has 1 aliphatic rings. The van der Waals surface area contributed by atoms with Gasteiger partial charge < -0.3 is 5.32 Å². The van der Waals surface area contributed by atoms with Crippen LogP contribution in [0.5, 0.6) is 0 Å². The van der Waals surface area contributed by atoms with Gasteiger partial charge in [-0.3, -0.25) is 9.10 Å². The maximum Gasteiger partial charge on any atom is 0.255 e. The van der Waals surface area contributed by atoms with Crippen molar-refractivity contribution in [1.82, 2.24) is 0 Å². The zero-order valence-corrected chi connectivity index (χ0v) is 16.4. The minimum Gasteiger partial charge on any atom is -0.322 e. The van der Waals surface area contributed by atoms with Crippen LogP contribution in [0.4, 0.5) is 11.4 Å². The van der Waals surface area contributed by atoms with Crippen molar-refractivity contribution in [3.8, 4) is 0 Å². The van der Waals surface area contributed by atoms with Gasteiger partial charge in [0.15, 0.2) is 0 Å². The molecule has 0 radical (unpaired) electrons. The highest BCUT2D eigenvalue weighted by molar-refractivity contribution is 7.92. The molecule has 2 aromatic rings. The van der Waals surface area contributed by atoms with Crippen molar-refractivity contribution in [2.45, 2.75) is 32.6 Å². The molecule has 0 bridgehead atoms. The first-order valence-electron chi connectivity index (χ1n) is 8.59. The average molecular weight is 372 g/mol. The first-order chi connectivity index (χ1) is 12.1. The van der Waals surface area contributed by atoms with Gasteiger partial charge in [-0.2, -0.15) is 0 Å². The van der Waals surface area contributed by atoms with Crippen LogP contribution in [0.3, 0.4) is 0 Å². The summed E-state index contributed by atoms with van der Waals surface area (Å²) in [5, 5.41) is 3.00. The number of fused-ring (bicyclic) bond motifs is 1. The second kappa shape index (κ2) is 6.43. The highest BCUT2D eigenvalue weighted by Crippen LogP contribution is 2.32. The van der Waals surface area contributed by atoms with E-state index in [0.717, 1.165) is 16.8 Å². The molecule has 26 heavy (non-hydrogen) atoms. The molecule has 5 nitrogen and oxygen atoms in total. The van der Waals surface area contributed by atoms with Crippen LogP contribution >= 0.6 is 0 Å². The summed E-state index contributed by atoms with van der Waals surface area (Å²) >= 11 is 0. The van der Waals surface area contributed by atoms with Crippen molar-refractivity contribution in [3.63, 3.8) is 0 Å². The summed E-state index contributed by atoms with van der Waals surface area (Å²) in [4.78, 5) is 12.7. The molecule has 0 fully saturated rings. The van der Waals surface area contributed by atoms with E-state index in [1.807, 2.05) is 24.3 Å². The molecule has 6 heteroatoms. The van der Waals surface area contributed by atoms with Crippen LogP contribution in [-0.2, 0) is 21.9 Å². The molecular formula is C20H24N2O3S. The van der Waals surface area contributed by atoms with Crippen LogP contribution in [-0.4, -0.2) is 27.1 Å². The lowest BCUT2D eigenvalue weighted by Crippen LogP contribution is -2.27. The van der Waals surface area contributed by atoms with E-state index in [2.05, 4.69) is 26.1 Å². The zero-order valence-electron chi connectivity index (χ0n) is 15.5. The van der Waals surface area contributed by atoms with Crippen LogP contribution in [0.2, 0.25) is 0 Å². The lowest BCUT2D eigenvalue weighted by atomic mass is 9.86. The SMILES string of the molecule is CC(C)(C)c1ccccc1NC(=O)c1ccc2c(c1)CCN2S(C)(=O)=O. The molecule has 1 heterocycles. The molecule has 3 rings (SSSR count). The maximum atomic E-state index is 12.7. The summed E-state index contributed by atoms with van der Waals surface area (Å²) in [5.74, 6) is -0.192. The molecule has 1 amide bonds. The molecule has 1 aliphatic heterocycles. The minimum absolute atomic E-state index is 0.0855. The molecule has 138 valence electrons. The van der Waals surface area contributed by atoms with E-state index in [0.29, 0.717) is 24.2 Å². The predicted molar refractivity (Wildman–Crippen MR) is 105 cm³/mol. The Balaban J connectivity index is 1.88. The normalized spacial score (nSPS) is 14.2. The van der Waals surface area contributed by atoms with E-state index in [1.165, 1.54) is 10.6 Å². The number of rotatable bonds is 3. The fourth-order valence-corrected chi connectivity index (χ4v) is 4.26. The number of amides is 1. The molecule has 0 aliphatic carbocycles. The number of carbonyl (C=O) groups is 1. The largest absolute Gasteiger partial charge is 0.322 e. The van der Waals surface area contributed by atoms with Crippen molar-refractivity contribution in [3.05, 3.63) is 59.2 Å². The van der Waals surface area contributed by atoms with Crippen molar-refractivity contribution in [2.24, 2.45) is 0 Å². The average Bonchev–Trinajstić information content (AvgIpc) is 2.97. The summed E-state index contributed by atoms with van der Waals surface area (Å²) < 4.78 is 25.1.